The average molecular weight is 470 g/mol. The Morgan fingerprint density at radius 2 is 2.03 bits per heavy atom. The van der Waals surface area contributed by atoms with Crippen molar-refractivity contribution in [2.45, 2.75) is 31.9 Å². The van der Waals surface area contributed by atoms with E-state index in [1.165, 1.54) is 0 Å². The van der Waals surface area contributed by atoms with Crippen molar-refractivity contribution in [3.8, 4) is 0 Å². The number of nitrogens with one attached hydrogen (secondary N) is 4. The van der Waals surface area contributed by atoms with E-state index in [0.717, 1.165) is 12.0 Å². The second-order valence-electron chi connectivity index (χ2n) is 7.33. The average Bonchev–Trinajstić information content (AvgIpc) is 3.51. The first-order valence-corrected chi connectivity index (χ1v) is 10.6. The molecule has 2 heterocycles. The number of carboxylic acids is 1. The number of hydrogen-bond acceptors (Lipinski definition) is 8. The van der Waals surface area contributed by atoms with Gasteiger partial charge in [0.1, 0.15) is 18.4 Å². The number of alkyl carbamates (subject to hydrolysis) is 1. The van der Waals surface area contributed by atoms with Crippen molar-refractivity contribution in [2.24, 2.45) is 0 Å². The smallest absolute Gasteiger partial charge is 0.408 e. The van der Waals surface area contributed by atoms with Crippen molar-refractivity contribution >= 4 is 23.9 Å². The monoisotopic (exact) mass is 470 g/mol. The third-order valence-electron chi connectivity index (χ3n) is 4.65. The highest BCUT2D eigenvalue weighted by Gasteiger charge is 2.22. The molecule has 1 aromatic carbocycles. The Labute approximate surface area is 195 Å². The number of aryl methyl sites for hydroxylation is 1. The van der Waals surface area contributed by atoms with Gasteiger partial charge in [0, 0.05) is 31.5 Å². The summed E-state index contributed by atoms with van der Waals surface area (Å²) in [4.78, 5) is 42.5. The zero-order valence-electron chi connectivity index (χ0n) is 18.3. The Morgan fingerprint density at radius 3 is 2.76 bits per heavy atom. The molecule has 0 saturated heterocycles. The Hall–Kier alpha value is -4.35. The van der Waals surface area contributed by atoms with E-state index >= 15 is 0 Å². The highest BCUT2D eigenvalue weighted by molar-refractivity contribution is 5.82. The van der Waals surface area contributed by atoms with Gasteiger partial charge in [-0.05, 0) is 18.4 Å². The number of benzene rings is 1. The van der Waals surface area contributed by atoms with Crippen LogP contribution in [0.3, 0.4) is 0 Å². The Morgan fingerprint density at radius 1 is 1.21 bits per heavy atom. The van der Waals surface area contributed by atoms with Crippen LogP contribution in [0.15, 0.2) is 53.3 Å². The van der Waals surface area contributed by atoms with Crippen LogP contribution in [0.2, 0.25) is 0 Å². The van der Waals surface area contributed by atoms with Gasteiger partial charge in [-0.1, -0.05) is 35.5 Å². The Kier molecular flexibility index (Phi) is 9.02. The number of aromatic nitrogens is 3. The number of rotatable bonds is 13. The van der Waals surface area contributed by atoms with Crippen LogP contribution in [0.25, 0.3) is 0 Å². The predicted octanol–water partition coefficient (Wildman–Crippen LogP) is 1.48. The SMILES string of the molecule is O=C(Cc1cc(CCCNc2ncc[nH]2)no1)NCC(NC(=O)OCc1ccccc1)C(=O)O. The fourth-order valence-corrected chi connectivity index (χ4v) is 2.94. The second kappa shape index (κ2) is 12.6. The molecular formula is C22H26N6O6. The van der Waals surface area contributed by atoms with Gasteiger partial charge in [0.15, 0.2) is 5.95 Å². The molecule has 3 aromatic rings. The molecule has 1 unspecified atom stereocenters. The van der Waals surface area contributed by atoms with Gasteiger partial charge in [0.25, 0.3) is 0 Å². The fraction of sp³-hybridized carbons (Fsp3) is 0.318. The summed E-state index contributed by atoms with van der Waals surface area (Å²) in [6, 6.07) is 9.30. The number of hydrogen-bond donors (Lipinski definition) is 5. The number of imidazole rings is 1. The van der Waals surface area contributed by atoms with E-state index in [-0.39, 0.29) is 19.6 Å². The third-order valence-corrected chi connectivity index (χ3v) is 4.65. The van der Waals surface area contributed by atoms with Crippen molar-refractivity contribution in [3.05, 3.63) is 65.8 Å². The molecule has 0 aliphatic rings. The van der Waals surface area contributed by atoms with Crippen LogP contribution in [0, 0.1) is 0 Å². The molecule has 0 fully saturated rings. The summed E-state index contributed by atoms with van der Waals surface area (Å²) >= 11 is 0. The minimum atomic E-state index is -1.35. The number of carbonyl (C=O) groups is 3. The number of anilines is 1. The lowest BCUT2D eigenvalue weighted by molar-refractivity contribution is -0.139. The zero-order valence-corrected chi connectivity index (χ0v) is 18.3. The standard InChI is InChI=1S/C22H26N6O6/c29-19(12-17-11-16(28-34-17)7-4-8-23-21-24-9-10-25-21)26-13-18(20(30)31)27-22(32)33-14-15-5-2-1-3-6-15/h1-3,5-6,9-11,18H,4,7-8,12-14H2,(H,26,29)(H,27,32)(H,30,31)(H2,23,24,25). The summed E-state index contributed by atoms with van der Waals surface area (Å²) < 4.78 is 10.2. The molecule has 0 aliphatic heterocycles. The first-order valence-electron chi connectivity index (χ1n) is 10.6. The summed E-state index contributed by atoms with van der Waals surface area (Å²) in [5, 5.41) is 21.1. The molecule has 180 valence electrons. The van der Waals surface area contributed by atoms with E-state index in [4.69, 9.17) is 9.26 Å². The van der Waals surface area contributed by atoms with Gasteiger partial charge >= 0.3 is 12.1 Å². The number of amides is 2. The third kappa shape index (κ3) is 8.30. The molecule has 2 amide bonds. The highest BCUT2D eigenvalue weighted by Crippen LogP contribution is 2.07. The lowest BCUT2D eigenvalue weighted by Crippen LogP contribution is -2.48. The van der Waals surface area contributed by atoms with E-state index in [1.807, 2.05) is 6.07 Å². The van der Waals surface area contributed by atoms with Crippen molar-refractivity contribution in [1.29, 1.82) is 0 Å². The maximum absolute atomic E-state index is 12.2. The molecule has 0 radical (unpaired) electrons. The molecule has 2 aromatic heterocycles. The fourth-order valence-electron chi connectivity index (χ4n) is 2.94. The number of carbonyl (C=O) groups excluding carboxylic acids is 2. The molecule has 34 heavy (non-hydrogen) atoms. The first kappa shape index (κ1) is 24.3. The predicted molar refractivity (Wildman–Crippen MR) is 120 cm³/mol. The highest BCUT2D eigenvalue weighted by atomic mass is 16.5. The number of H-pyrrole nitrogens is 1. The zero-order chi connectivity index (χ0) is 24.2. The van der Waals surface area contributed by atoms with Gasteiger partial charge < -0.3 is 35.3 Å². The minimum absolute atomic E-state index is 0.00188. The molecule has 0 bridgehead atoms. The maximum atomic E-state index is 12.2. The van der Waals surface area contributed by atoms with Crippen LogP contribution < -0.4 is 16.0 Å². The minimum Gasteiger partial charge on any atom is -0.480 e. The number of carboxylic acid groups (broad SMARTS) is 1. The Bertz CT molecular complexity index is 1050. The van der Waals surface area contributed by atoms with E-state index in [1.54, 1.807) is 42.7 Å². The van der Waals surface area contributed by atoms with E-state index in [0.29, 0.717) is 30.4 Å². The normalized spacial score (nSPS) is 11.4. The number of aliphatic carboxylic acids is 1. The van der Waals surface area contributed by atoms with Crippen molar-refractivity contribution in [2.75, 3.05) is 18.4 Å². The summed E-state index contributed by atoms with van der Waals surface area (Å²) in [5.74, 6) is -0.723. The summed E-state index contributed by atoms with van der Waals surface area (Å²) in [6.07, 6.45) is 3.81. The molecule has 0 aliphatic carbocycles. The van der Waals surface area contributed by atoms with Crippen molar-refractivity contribution in [3.63, 3.8) is 0 Å². The second-order valence-corrected chi connectivity index (χ2v) is 7.33. The quantitative estimate of drug-likeness (QED) is 0.232. The van der Waals surface area contributed by atoms with Gasteiger partial charge in [-0.25, -0.2) is 14.6 Å². The molecule has 12 nitrogen and oxygen atoms in total. The first-order chi connectivity index (χ1) is 16.5. The van der Waals surface area contributed by atoms with E-state index in [9.17, 15) is 19.5 Å². The largest absolute Gasteiger partial charge is 0.480 e. The van der Waals surface area contributed by atoms with Gasteiger partial charge in [0.05, 0.1) is 12.1 Å². The van der Waals surface area contributed by atoms with Gasteiger partial charge in [-0.2, -0.15) is 0 Å². The Balaban J connectivity index is 1.35. The maximum Gasteiger partial charge on any atom is 0.408 e. The van der Waals surface area contributed by atoms with Crippen molar-refractivity contribution < 1.29 is 28.8 Å². The summed E-state index contributed by atoms with van der Waals surface area (Å²) in [5.41, 5.74) is 1.47. The van der Waals surface area contributed by atoms with Gasteiger partial charge in [0.2, 0.25) is 5.91 Å². The topological polar surface area (TPSA) is 171 Å². The summed E-state index contributed by atoms with van der Waals surface area (Å²) in [6.45, 7) is 0.375. The lowest BCUT2D eigenvalue weighted by atomic mass is 10.2. The van der Waals surface area contributed by atoms with Crippen LogP contribution in [0.5, 0.6) is 0 Å². The molecule has 12 heteroatoms. The number of nitrogens with zero attached hydrogens (tertiary/aromatic N) is 2. The molecule has 5 N–H and O–H groups in total. The number of ether oxygens (including phenoxy) is 1. The van der Waals surface area contributed by atoms with Crippen molar-refractivity contribution in [1.82, 2.24) is 25.8 Å². The van der Waals surface area contributed by atoms with E-state index < -0.39 is 24.0 Å². The molecule has 1 atom stereocenters. The van der Waals surface area contributed by atoms with Crippen LogP contribution in [0.1, 0.15) is 23.4 Å². The molecule has 0 saturated carbocycles. The number of aromatic amines is 1. The molecular weight excluding hydrogens is 444 g/mol. The van der Waals surface area contributed by atoms with Crippen LogP contribution in [0.4, 0.5) is 10.7 Å². The van der Waals surface area contributed by atoms with Crippen LogP contribution in [-0.4, -0.2) is 57.3 Å². The summed E-state index contributed by atoms with van der Waals surface area (Å²) in [7, 11) is 0. The van der Waals surface area contributed by atoms with Gasteiger partial charge in [-0.15, -0.1) is 0 Å². The molecule has 0 spiro atoms. The molecule has 3 rings (SSSR count). The van der Waals surface area contributed by atoms with E-state index in [2.05, 4.69) is 31.1 Å². The lowest BCUT2D eigenvalue weighted by Gasteiger charge is -2.15. The van der Waals surface area contributed by atoms with Crippen LogP contribution in [-0.2, 0) is 33.8 Å². The van der Waals surface area contributed by atoms with Gasteiger partial charge in [-0.3, -0.25) is 4.79 Å². The van der Waals surface area contributed by atoms with Crippen LogP contribution >= 0.6 is 0 Å².